The first-order valence-corrected chi connectivity index (χ1v) is 5.11. The van der Waals surface area contributed by atoms with E-state index >= 15 is 0 Å². The molecule has 4 N–H and O–H groups in total. The van der Waals surface area contributed by atoms with Crippen molar-refractivity contribution in [3.05, 3.63) is 18.2 Å². The molecule has 0 radical (unpaired) electrons. The van der Waals surface area contributed by atoms with E-state index in [1.165, 1.54) is 0 Å². The lowest BCUT2D eigenvalue weighted by atomic mass is 10.0. The standard InChI is InChI=1S/C10H18N4O/c1-7(2)5-8(11)10(15)14-6-9-12-3-4-13-9/h3-4,7-8H,5-6,11H2,1-2H3,(H,12,13)(H,14,15). The number of carbonyl (C=O) groups excluding carboxylic acids is 1. The fourth-order valence-corrected chi connectivity index (χ4v) is 1.31. The Morgan fingerprint density at radius 2 is 2.40 bits per heavy atom. The fourth-order valence-electron chi connectivity index (χ4n) is 1.31. The highest BCUT2D eigenvalue weighted by Gasteiger charge is 2.14. The first-order chi connectivity index (χ1) is 7.09. The Morgan fingerprint density at radius 3 is 2.93 bits per heavy atom. The van der Waals surface area contributed by atoms with E-state index in [1.54, 1.807) is 12.4 Å². The van der Waals surface area contributed by atoms with Crippen LogP contribution in [0.2, 0.25) is 0 Å². The summed E-state index contributed by atoms with van der Waals surface area (Å²) in [5.41, 5.74) is 5.71. The Morgan fingerprint density at radius 1 is 1.67 bits per heavy atom. The number of imidazole rings is 1. The molecule has 84 valence electrons. The number of nitrogens with two attached hydrogens (primary N) is 1. The molecule has 0 aromatic carbocycles. The van der Waals surface area contributed by atoms with Gasteiger partial charge < -0.3 is 16.0 Å². The Balaban J connectivity index is 2.29. The molecule has 0 fully saturated rings. The molecular formula is C10H18N4O. The van der Waals surface area contributed by atoms with Gasteiger partial charge in [0.1, 0.15) is 5.82 Å². The maximum absolute atomic E-state index is 11.5. The Hall–Kier alpha value is -1.36. The molecule has 1 atom stereocenters. The third kappa shape index (κ3) is 4.12. The molecule has 5 heteroatoms. The number of aromatic amines is 1. The smallest absolute Gasteiger partial charge is 0.237 e. The van der Waals surface area contributed by atoms with E-state index in [4.69, 9.17) is 5.73 Å². The molecule has 0 aliphatic heterocycles. The summed E-state index contributed by atoms with van der Waals surface area (Å²) < 4.78 is 0. The molecule has 1 rings (SSSR count). The summed E-state index contributed by atoms with van der Waals surface area (Å²) in [6, 6.07) is -0.431. The zero-order chi connectivity index (χ0) is 11.3. The van der Waals surface area contributed by atoms with Gasteiger partial charge in [-0.05, 0) is 12.3 Å². The van der Waals surface area contributed by atoms with E-state index in [1.807, 2.05) is 13.8 Å². The number of hydrogen-bond acceptors (Lipinski definition) is 3. The average Bonchev–Trinajstić information content (AvgIpc) is 2.65. The quantitative estimate of drug-likeness (QED) is 0.657. The summed E-state index contributed by atoms with van der Waals surface area (Å²) >= 11 is 0. The van der Waals surface area contributed by atoms with Crippen LogP contribution >= 0.6 is 0 Å². The molecule has 15 heavy (non-hydrogen) atoms. The molecule has 1 aromatic rings. The third-order valence-electron chi connectivity index (χ3n) is 2.05. The minimum absolute atomic E-state index is 0.125. The Kier molecular flexibility index (Phi) is 4.30. The molecule has 0 saturated heterocycles. The van der Waals surface area contributed by atoms with Gasteiger partial charge in [-0.3, -0.25) is 4.79 Å². The predicted octanol–water partition coefficient (Wildman–Crippen LogP) is 0.399. The van der Waals surface area contributed by atoms with Crippen LogP contribution < -0.4 is 11.1 Å². The molecule has 5 nitrogen and oxygen atoms in total. The zero-order valence-corrected chi connectivity index (χ0v) is 9.16. The van der Waals surface area contributed by atoms with Crippen LogP contribution in [0.15, 0.2) is 12.4 Å². The molecule has 1 unspecified atom stereocenters. The summed E-state index contributed by atoms with van der Waals surface area (Å²) in [6.45, 7) is 4.48. The van der Waals surface area contributed by atoms with Crippen molar-refractivity contribution in [3.8, 4) is 0 Å². The number of aromatic nitrogens is 2. The van der Waals surface area contributed by atoms with Gasteiger partial charge in [0.25, 0.3) is 0 Å². The molecule has 0 spiro atoms. The van der Waals surface area contributed by atoms with Crippen molar-refractivity contribution >= 4 is 5.91 Å². The van der Waals surface area contributed by atoms with Crippen molar-refractivity contribution < 1.29 is 4.79 Å². The van der Waals surface area contributed by atoms with Crippen LogP contribution in [0.4, 0.5) is 0 Å². The second-order valence-electron chi connectivity index (χ2n) is 3.99. The molecule has 1 aromatic heterocycles. The largest absolute Gasteiger partial charge is 0.348 e. The van der Waals surface area contributed by atoms with Gasteiger partial charge in [0.15, 0.2) is 0 Å². The third-order valence-corrected chi connectivity index (χ3v) is 2.05. The number of hydrogen-bond donors (Lipinski definition) is 3. The van der Waals surface area contributed by atoms with Crippen LogP contribution in [-0.4, -0.2) is 21.9 Å². The number of carbonyl (C=O) groups is 1. The van der Waals surface area contributed by atoms with Gasteiger partial charge in [-0.15, -0.1) is 0 Å². The van der Waals surface area contributed by atoms with Gasteiger partial charge in [-0.25, -0.2) is 4.98 Å². The molecule has 0 aliphatic rings. The summed E-state index contributed by atoms with van der Waals surface area (Å²) in [7, 11) is 0. The van der Waals surface area contributed by atoms with Crippen LogP contribution in [0.3, 0.4) is 0 Å². The van der Waals surface area contributed by atoms with E-state index in [2.05, 4.69) is 15.3 Å². The maximum Gasteiger partial charge on any atom is 0.237 e. The maximum atomic E-state index is 11.5. The van der Waals surface area contributed by atoms with Gasteiger partial charge in [0.2, 0.25) is 5.91 Å². The minimum atomic E-state index is -0.431. The van der Waals surface area contributed by atoms with E-state index in [0.29, 0.717) is 18.9 Å². The van der Waals surface area contributed by atoms with E-state index in [0.717, 1.165) is 5.82 Å². The van der Waals surface area contributed by atoms with Crippen molar-refractivity contribution in [1.29, 1.82) is 0 Å². The monoisotopic (exact) mass is 210 g/mol. The molecule has 1 amide bonds. The second kappa shape index (κ2) is 5.50. The molecular weight excluding hydrogens is 192 g/mol. The van der Waals surface area contributed by atoms with Crippen molar-refractivity contribution in [2.24, 2.45) is 11.7 Å². The van der Waals surface area contributed by atoms with Crippen molar-refractivity contribution in [2.75, 3.05) is 0 Å². The van der Waals surface area contributed by atoms with Crippen molar-refractivity contribution in [1.82, 2.24) is 15.3 Å². The number of H-pyrrole nitrogens is 1. The van der Waals surface area contributed by atoms with Crippen LogP contribution in [-0.2, 0) is 11.3 Å². The molecule has 0 aliphatic carbocycles. The van der Waals surface area contributed by atoms with Gasteiger partial charge in [0.05, 0.1) is 12.6 Å². The molecule has 0 bridgehead atoms. The van der Waals surface area contributed by atoms with Gasteiger partial charge in [-0.1, -0.05) is 13.8 Å². The average molecular weight is 210 g/mol. The van der Waals surface area contributed by atoms with Crippen molar-refractivity contribution in [3.63, 3.8) is 0 Å². The Labute approximate surface area is 89.5 Å². The Bertz CT molecular complexity index is 294. The molecule has 0 saturated carbocycles. The number of rotatable bonds is 5. The topological polar surface area (TPSA) is 83.8 Å². The summed E-state index contributed by atoms with van der Waals surface area (Å²) in [4.78, 5) is 18.4. The predicted molar refractivity (Wildman–Crippen MR) is 57.9 cm³/mol. The summed E-state index contributed by atoms with van der Waals surface area (Å²) in [5.74, 6) is 1.04. The van der Waals surface area contributed by atoms with Crippen LogP contribution in [0.25, 0.3) is 0 Å². The van der Waals surface area contributed by atoms with Crippen LogP contribution in [0.1, 0.15) is 26.1 Å². The number of nitrogens with one attached hydrogen (secondary N) is 2. The van der Waals surface area contributed by atoms with Gasteiger partial charge in [-0.2, -0.15) is 0 Å². The van der Waals surface area contributed by atoms with Crippen LogP contribution in [0, 0.1) is 5.92 Å². The van der Waals surface area contributed by atoms with Crippen molar-refractivity contribution in [2.45, 2.75) is 32.9 Å². The number of amides is 1. The summed E-state index contributed by atoms with van der Waals surface area (Å²) in [5, 5.41) is 2.73. The second-order valence-corrected chi connectivity index (χ2v) is 3.99. The molecule has 1 heterocycles. The SMILES string of the molecule is CC(C)CC(N)C(=O)NCc1ncc[nH]1. The normalized spacial score (nSPS) is 12.8. The van der Waals surface area contributed by atoms with Crippen LogP contribution in [0.5, 0.6) is 0 Å². The lowest BCUT2D eigenvalue weighted by molar-refractivity contribution is -0.122. The number of nitrogens with zero attached hydrogens (tertiary/aromatic N) is 1. The van der Waals surface area contributed by atoms with Gasteiger partial charge in [0, 0.05) is 12.4 Å². The van der Waals surface area contributed by atoms with Gasteiger partial charge >= 0.3 is 0 Å². The van der Waals surface area contributed by atoms with E-state index in [9.17, 15) is 4.79 Å². The van der Waals surface area contributed by atoms with E-state index in [-0.39, 0.29) is 5.91 Å². The highest BCUT2D eigenvalue weighted by atomic mass is 16.2. The highest BCUT2D eigenvalue weighted by Crippen LogP contribution is 2.02. The zero-order valence-electron chi connectivity index (χ0n) is 9.16. The lowest BCUT2D eigenvalue weighted by Gasteiger charge is -2.13. The highest BCUT2D eigenvalue weighted by molar-refractivity contribution is 5.81. The first kappa shape index (κ1) is 11.7. The summed E-state index contributed by atoms with van der Waals surface area (Å²) in [6.07, 6.45) is 4.06. The fraction of sp³-hybridized carbons (Fsp3) is 0.600. The lowest BCUT2D eigenvalue weighted by Crippen LogP contribution is -2.41. The van der Waals surface area contributed by atoms with E-state index < -0.39 is 6.04 Å². The first-order valence-electron chi connectivity index (χ1n) is 5.11. The minimum Gasteiger partial charge on any atom is -0.348 e.